The molecule has 3 amide bonds. The first-order valence-electron chi connectivity index (χ1n) is 7.88. The first-order valence-corrected chi connectivity index (χ1v) is 8.69. The van der Waals surface area contributed by atoms with E-state index in [2.05, 4.69) is 10.6 Å². The Hall–Kier alpha value is -1.93. The second-order valence-electron chi connectivity index (χ2n) is 6.61. The van der Waals surface area contributed by atoms with Gasteiger partial charge in [0.2, 0.25) is 5.91 Å². The quantitative estimate of drug-likeness (QED) is 0.661. The van der Waals surface area contributed by atoms with Crippen LogP contribution in [-0.2, 0) is 4.79 Å². The summed E-state index contributed by atoms with van der Waals surface area (Å²) in [6.07, 6.45) is 0.712. The molecule has 0 radical (unpaired) electrons. The summed E-state index contributed by atoms with van der Waals surface area (Å²) in [6.45, 7) is 4.01. The molecule has 7 nitrogen and oxygen atoms in total. The Morgan fingerprint density at radius 3 is 2.25 bits per heavy atom. The summed E-state index contributed by atoms with van der Waals surface area (Å²) in [4.78, 5) is 38.2. The summed E-state index contributed by atoms with van der Waals surface area (Å²) in [5.74, 6) is -0.615. The maximum absolute atomic E-state index is 12.3. The van der Waals surface area contributed by atoms with Crippen LogP contribution >= 0.6 is 11.3 Å². The molecule has 8 heteroatoms. The van der Waals surface area contributed by atoms with Gasteiger partial charge in [-0.15, -0.1) is 11.3 Å². The molecule has 1 aliphatic carbocycles. The van der Waals surface area contributed by atoms with Crippen molar-refractivity contribution in [3.05, 3.63) is 21.9 Å². The number of thiophene rings is 1. The molecule has 1 saturated carbocycles. The Balaban J connectivity index is 1.85. The number of nitrogens with two attached hydrogens (primary N) is 1. The Bertz CT molecular complexity index is 633. The molecule has 0 saturated heterocycles. The van der Waals surface area contributed by atoms with Crippen LogP contribution in [0.25, 0.3) is 0 Å². The second kappa shape index (κ2) is 7.31. The van der Waals surface area contributed by atoms with Gasteiger partial charge in [0, 0.05) is 0 Å². The fourth-order valence-electron chi connectivity index (χ4n) is 2.75. The number of nitrogens with one attached hydrogen (secondary N) is 2. The third kappa shape index (κ3) is 4.33. The van der Waals surface area contributed by atoms with Gasteiger partial charge < -0.3 is 16.4 Å². The molecule has 0 aliphatic heterocycles. The molecule has 0 spiro atoms. The van der Waals surface area contributed by atoms with Crippen LogP contribution in [0.1, 0.15) is 39.6 Å². The van der Waals surface area contributed by atoms with Gasteiger partial charge in [0.1, 0.15) is 0 Å². The monoisotopic (exact) mass is 352 g/mol. The summed E-state index contributed by atoms with van der Waals surface area (Å²) in [7, 11) is 3.76. The van der Waals surface area contributed by atoms with Gasteiger partial charge in [-0.25, -0.2) is 0 Å². The number of likely N-dealkylation sites (N-methyl/N-ethyl adjacent to an activating group) is 1. The zero-order valence-electron chi connectivity index (χ0n) is 14.3. The lowest BCUT2D eigenvalue weighted by Gasteiger charge is -2.26. The predicted molar refractivity (Wildman–Crippen MR) is 93.0 cm³/mol. The molecule has 4 N–H and O–H groups in total. The van der Waals surface area contributed by atoms with E-state index in [1.165, 1.54) is 0 Å². The Labute approximate surface area is 145 Å². The maximum atomic E-state index is 12.3. The Morgan fingerprint density at radius 1 is 1.17 bits per heavy atom. The van der Waals surface area contributed by atoms with Crippen LogP contribution < -0.4 is 16.4 Å². The van der Waals surface area contributed by atoms with Gasteiger partial charge in [0.15, 0.2) is 0 Å². The number of carbonyl (C=O) groups excluding carboxylic acids is 3. The van der Waals surface area contributed by atoms with E-state index in [9.17, 15) is 14.4 Å². The molecule has 0 bridgehead atoms. The molecule has 132 valence electrons. The van der Waals surface area contributed by atoms with Gasteiger partial charge in [0.25, 0.3) is 11.8 Å². The zero-order chi connectivity index (χ0) is 18.0. The summed E-state index contributed by atoms with van der Waals surface area (Å²) < 4.78 is 0. The van der Waals surface area contributed by atoms with Crippen LogP contribution in [0, 0.1) is 5.92 Å². The SMILES string of the molecule is CC(C)[C@@H](C(=O)N[C@@H]1C[C@H]1NC(=O)c1ccc(C(N)=O)s1)N(C)C. The van der Waals surface area contributed by atoms with Crippen LogP contribution in [0.4, 0.5) is 0 Å². The molecule has 1 aromatic rings. The smallest absolute Gasteiger partial charge is 0.261 e. The molecule has 24 heavy (non-hydrogen) atoms. The highest BCUT2D eigenvalue weighted by atomic mass is 32.1. The van der Waals surface area contributed by atoms with Gasteiger partial charge in [-0.1, -0.05) is 13.8 Å². The minimum atomic E-state index is -0.543. The lowest BCUT2D eigenvalue weighted by Crippen LogP contribution is -2.48. The van der Waals surface area contributed by atoms with Crippen molar-refractivity contribution in [1.82, 2.24) is 15.5 Å². The van der Waals surface area contributed by atoms with E-state index in [4.69, 9.17) is 5.73 Å². The van der Waals surface area contributed by atoms with Crippen molar-refractivity contribution in [2.75, 3.05) is 14.1 Å². The third-order valence-corrected chi connectivity index (χ3v) is 5.06. The fraction of sp³-hybridized carbons (Fsp3) is 0.562. The first kappa shape index (κ1) is 18.4. The number of amides is 3. The van der Waals surface area contributed by atoms with Crippen LogP contribution in [0.5, 0.6) is 0 Å². The lowest BCUT2D eigenvalue weighted by molar-refractivity contribution is -0.127. The first-order chi connectivity index (χ1) is 11.2. The number of primary amides is 1. The van der Waals surface area contributed by atoms with E-state index >= 15 is 0 Å². The van der Waals surface area contributed by atoms with Gasteiger partial charge >= 0.3 is 0 Å². The average Bonchev–Trinajstić information content (AvgIpc) is 3.00. The summed E-state index contributed by atoms with van der Waals surface area (Å²) in [5.41, 5.74) is 5.18. The molecule has 1 aliphatic rings. The van der Waals surface area contributed by atoms with E-state index in [1.807, 2.05) is 32.8 Å². The van der Waals surface area contributed by atoms with Crippen molar-refractivity contribution in [2.45, 2.75) is 38.4 Å². The zero-order valence-corrected chi connectivity index (χ0v) is 15.1. The highest BCUT2D eigenvalue weighted by molar-refractivity contribution is 7.15. The van der Waals surface area contributed by atoms with Gasteiger partial charge in [-0.3, -0.25) is 19.3 Å². The standard InChI is InChI=1S/C16H24N4O3S/c1-8(2)13(20(3)4)16(23)19-10-7-9(10)18-15(22)12-6-5-11(24-12)14(17)21/h5-6,8-10,13H,7H2,1-4H3,(H2,17,21)(H,18,22)(H,19,23)/t9-,10-,13+/m1/s1. The Morgan fingerprint density at radius 2 is 1.75 bits per heavy atom. The molecule has 1 fully saturated rings. The highest BCUT2D eigenvalue weighted by Gasteiger charge is 2.41. The van der Waals surface area contributed by atoms with Crippen LogP contribution in [-0.4, -0.2) is 54.8 Å². The fourth-order valence-corrected chi connectivity index (χ4v) is 3.51. The number of rotatable bonds is 7. The van der Waals surface area contributed by atoms with Crippen molar-refractivity contribution >= 4 is 29.1 Å². The van der Waals surface area contributed by atoms with Gasteiger partial charge in [-0.2, -0.15) is 0 Å². The van der Waals surface area contributed by atoms with E-state index in [1.54, 1.807) is 12.1 Å². The topological polar surface area (TPSA) is 105 Å². The molecule has 1 aromatic heterocycles. The molecule has 0 aromatic carbocycles. The van der Waals surface area contributed by atoms with E-state index in [0.29, 0.717) is 16.2 Å². The summed E-state index contributed by atoms with van der Waals surface area (Å²) in [6, 6.07) is 2.81. The molecule has 0 unspecified atom stereocenters. The van der Waals surface area contributed by atoms with E-state index in [0.717, 1.165) is 11.3 Å². The highest BCUT2D eigenvalue weighted by Crippen LogP contribution is 2.24. The van der Waals surface area contributed by atoms with Crippen LogP contribution in [0.15, 0.2) is 12.1 Å². The predicted octanol–water partition coefficient (Wildman–Crippen LogP) is 0.420. The van der Waals surface area contributed by atoms with Crippen molar-refractivity contribution in [2.24, 2.45) is 11.7 Å². The second-order valence-corrected chi connectivity index (χ2v) is 7.70. The number of hydrogen-bond acceptors (Lipinski definition) is 5. The minimum absolute atomic E-state index is 0.0242. The molecular weight excluding hydrogens is 328 g/mol. The van der Waals surface area contributed by atoms with E-state index in [-0.39, 0.29) is 35.9 Å². The van der Waals surface area contributed by atoms with Gasteiger partial charge in [0.05, 0.1) is 27.9 Å². The van der Waals surface area contributed by atoms with Gasteiger partial charge in [-0.05, 0) is 38.6 Å². The van der Waals surface area contributed by atoms with Crippen molar-refractivity contribution in [3.8, 4) is 0 Å². The molecular formula is C16H24N4O3S. The van der Waals surface area contributed by atoms with Crippen LogP contribution in [0.3, 0.4) is 0 Å². The Kier molecular flexibility index (Phi) is 5.61. The summed E-state index contributed by atoms with van der Waals surface area (Å²) in [5, 5.41) is 5.85. The molecule has 3 atom stereocenters. The summed E-state index contributed by atoms with van der Waals surface area (Å²) >= 11 is 1.07. The van der Waals surface area contributed by atoms with Crippen molar-refractivity contribution in [3.63, 3.8) is 0 Å². The number of carbonyl (C=O) groups is 3. The van der Waals surface area contributed by atoms with Crippen molar-refractivity contribution < 1.29 is 14.4 Å². The van der Waals surface area contributed by atoms with Crippen LogP contribution in [0.2, 0.25) is 0 Å². The largest absolute Gasteiger partial charge is 0.365 e. The van der Waals surface area contributed by atoms with Crippen molar-refractivity contribution in [1.29, 1.82) is 0 Å². The average molecular weight is 352 g/mol. The molecule has 1 heterocycles. The number of nitrogens with zero attached hydrogens (tertiary/aromatic N) is 1. The normalized spacial score (nSPS) is 20.8. The third-order valence-electron chi connectivity index (χ3n) is 3.96. The lowest BCUT2D eigenvalue weighted by atomic mass is 10.0. The minimum Gasteiger partial charge on any atom is -0.365 e. The maximum Gasteiger partial charge on any atom is 0.261 e. The van der Waals surface area contributed by atoms with E-state index < -0.39 is 5.91 Å². The number of hydrogen-bond donors (Lipinski definition) is 3. The molecule has 2 rings (SSSR count).